The minimum atomic E-state index is -0.621. The van der Waals surface area contributed by atoms with Crippen LogP contribution in [0.2, 0.25) is 0 Å². The average molecular weight is 1100 g/mol. The summed E-state index contributed by atoms with van der Waals surface area (Å²) in [6.45, 7) is 19.2. The number of carbonyl (C=O) groups is 3. The molecule has 0 radical (unpaired) electrons. The van der Waals surface area contributed by atoms with E-state index in [-0.39, 0.29) is 24.8 Å². The number of ketones is 1. The molecule has 7 aromatic rings. The van der Waals surface area contributed by atoms with Crippen molar-refractivity contribution in [3.63, 3.8) is 0 Å². The summed E-state index contributed by atoms with van der Waals surface area (Å²) >= 11 is 7.03. The van der Waals surface area contributed by atoms with Crippen LogP contribution in [-0.2, 0) is 56.5 Å². The van der Waals surface area contributed by atoms with Crippen molar-refractivity contribution >= 4 is 88.4 Å². The molecule has 0 atom stereocenters. The van der Waals surface area contributed by atoms with Crippen LogP contribution >= 0.6 is 31.9 Å². The van der Waals surface area contributed by atoms with E-state index in [1.807, 2.05) is 120 Å². The maximum Gasteiger partial charge on any atom is 0.410 e. The molecule has 3 heterocycles. The predicted molar refractivity (Wildman–Crippen MR) is 287 cm³/mol. The van der Waals surface area contributed by atoms with Crippen molar-refractivity contribution in [2.75, 3.05) is 44.7 Å². The number of ether oxygens (including phenoxy) is 4. The second kappa shape index (κ2) is 25.4. The second-order valence-electron chi connectivity index (χ2n) is 18.9. The van der Waals surface area contributed by atoms with Crippen LogP contribution in [0.1, 0.15) is 77.9 Å². The molecule has 14 nitrogen and oxygen atoms in total. The molecule has 0 unspecified atom stereocenters. The smallest absolute Gasteiger partial charge is 0.410 e. The van der Waals surface area contributed by atoms with E-state index in [2.05, 4.69) is 63.8 Å². The first-order valence-corrected chi connectivity index (χ1v) is 25.4. The maximum atomic E-state index is 13.0. The van der Waals surface area contributed by atoms with E-state index in [1.54, 1.807) is 38.1 Å². The van der Waals surface area contributed by atoms with Crippen molar-refractivity contribution in [1.29, 1.82) is 0 Å². The summed E-state index contributed by atoms with van der Waals surface area (Å²) in [7, 11) is 0. The first-order valence-electron chi connectivity index (χ1n) is 23.9. The minimum Gasteiger partial charge on any atom is -0.444 e. The van der Waals surface area contributed by atoms with Gasteiger partial charge in [0, 0.05) is 69.8 Å². The Balaban J connectivity index is 0.000000232. The van der Waals surface area contributed by atoms with Crippen LogP contribution in [0.5, 0.6) is 0 Å². The molecule has 0 saturated carbocycles. The van der Waals surface area contributed by atoms with E-state index >= 15 is 0 Å². The molecule has 0 aliphatic rings. The van der Waals surface area contributed by atoms with Gasteiger partial charge in [-0.1, -0.05) is 92.5 Å². The number of hydrogen-bond acceptors (Lipinski definition) is 11. The first kappa shape index (κ1) is 54.4. The van der Waals surface area contributed by atoms with E-state index < -0.39 is 17.3 Å². The summed E-state index contributed by atoms with van der Waals surface area (Å²) < 4.78 is 26.9. The molecule has 0 aliphatic carbocycles. The molecular formula is C55H65Br2N7O7. The molecule has 0 fully saturated rings. The number of aromatic nitrogens is 4. The number of fused-ring (bicyclic) bond motifs is 4. The lowest BCUT2D eigenvalue weighted by atomic mass is 10.0. The summed E-state index contributed by atoms with van der Waals surface area (Å²) in [5.74, 6) is 0.678. The van der Waals surface area contributed by atoms with E-state index in [0.29, 0.717) is 59.2 Å². The van der Waals surface area contributed by atoms with Gasteiger partial charge in [-0.25, -0.2) is 14.6 Å². The highest BCUT2D eigenvalue weighted by Crippen LogP contribution is 2.30. The lowest BCUT2D eigenvalue weighted by Crippen LogP contribution is -2.40. The van der Waals surface area contributed by atoms with Crippen molar-refractivity contribution in [2.24, 2.45) is 0 Å². The fourth-order valence-electron chi connectivity index (χ4n) is 7.60. The molecule has 0 spiro atoms. The summed E-state index contributed by atoms with van der Waals surface area (Å²) in [6, 6.07) is 32.1. The molecular weight excluding hydrogens is 1030 g/mol. The second-order valence-corrected chi connectivity index (χ2v) is 20.7. The number of halogens is 2. The van der Waals surface area contributed by atoms with Crippen molar-refractivity contribution in [3.05, 3.63) is 141 Å². The number of likely N-dealkylation sites (N-methyl/N-ethyl adjacent to an activating group) is 1. The highest BCUT2D eigenvalue weighted by atomic mass is 79.9. The number of Topliss-reactive ketones (excluding diaryl/α,β-unsaturated/α-hetero) is 1. The highest BCUT2D eigenvalue weighted by Gasteiger charge is 2.26. The van der Waals surface area contributed by atoms with Crippen LogP contribution in [0.3, 0.4) is 0 Å². The van der Waals surface area contributed by atoms with Gasteiger partial charge in [0.1, 0.15) is 22.5 Å². The lowest BCUT2D eigenvalue weighted by Gasteiger charge is -2.26. The number of nitrogens with zero attached hydrogens (tertiary/aromatic N) is 6. The number of rotatable bonds is 19. The molecule has 0 saturated heterocycles. The van der Waals surface area contributed by atoms with Gasteiger partial charge in [0.05, 0.1) is 62.3 Å². The van der Waals surface area contributed by atoms with E-state index in [9.17, 15) is 14.4 Å². The zero-order valence-corrected chi connectivity index (χ0v) is 45.1. The van der Waals surface area contributed by atoms with Gasteiger partial charge in [0.25, 0.3) is 0 Å². The average Bonchev–Trinajstić information content (AvgIpc) is 3.68. The van der Waals surface area contributed by atoms with Gasteiger partial charge >= 0.3 is 12.2 Å². The van der Waals surface area contributed by atoms with Crippen LogP contribution < -0.4 is 5.32 Å². The Kier molecular flexibility index (Phi) is 19.5. The fourth-order valence-corrected chi connectivity index (χ4v) is 8.29. The van der Waals surface area contributed by atoms with E-state index in [1.165, 1.54) is 4.90 Å². The Morgan fingerprint density at radius 2 is 1.20 bits per heavy atom. The van der Waals surface area contributed by atoms with Crippen LogP contribution in [0.25, 0.3) is 32.8 Å². The number of imidazole rings is 1. The molecule has 7 rings (SSSR count). The fraction of sp³-hybridized carbons (Fsp3) is 0.382. The van der Waals surface area contributed by atoms with Gasteiger partial charge in [-0.15, -0.1) is 0 Å². The minimum absolute atomic E-state index is 0.0244. The Morgan fingerprint density at radius 1 is 0.662 bits per heavy atom. The molecule has 3 aromatic heterocycles. The van der Waals surface area contributed by atoms with Crippen molar-refractivity contribution in [3.8, 4) is 0 Å². The van der Waals surface area contributed by atoms with Gasteiger partial charge in [0.15, 0.2) is 5.78 Å². The Hall–Kier alpha value is -5.94. The van der Waals surface area contributed by atoms with Crippen molar-refractivity contribution < 1.29 is 33.3 Å². The SMILES string of the molecule is CCN(CC(=O)Cc1cnc2cc(Br)ccc2c1NCCOCc1ccccc1)C(=O)OC(C)(C)C.CCN(Cc1nc2cnc3cc(Br)ccc3c2n1CCOCc1ccccc1)C(=O)OC(C)(C)C. The first-order chi connectivity index (χ1) is 33.9. The molecule has 4 aromatic carbocycles. The quantitative estimate of drug-likeness (QED) is 0.0771. The zero-order chi connectivity index (χ0) is 51.1. The van der Waals surface area contributed by atoms with Crippen LogP contribution in [0.15, 0.2) is 118 Å². The summed E-state index contributed by atoms with van der Waals surface area (Å²) in [5.41, 5.74) is 6.16. The lowest BCUT2D eigenvalue weighted by molar-refractivity contribution is -0.119. The monoisotopic (exact) mass is 1090 g/mol. The largest absolute Gasteiger partial charge is 0.444 e. The number of benzene rings is 4. The highest BCUT2D eigenvalue weighted by molar-refractivity contribution is 9.10. The molecule has 0 bridgehead atoms. The van der Waals surface area contributed by atoms with Crippen LogP contribution in [-0.4, -0.2) is 97.9 Å². The zero-order valence-electron chi connectivity index (χ0n) is 42.0. The van der Waals surface area contributed by atoms with Crippen molar-refractivity contribution in [1.82, 2.24) is 29.3 Å². The number of amides is 2. The van der Waals surface area contributed by atoms with Gasteiger partial charge in [0.2, 0.25) is 0 Å². The third kappa shape index (κ3) is 16.3. The van der Waals surface area contributed by atoms with Crippen LogP contribution in [0.4, 0.5) is 15.3 Å². The van der Waals surface area contributed by atoms with Gasteiger partial charge in [-0.05, 0) is 103 Å². The molecule has 376 valence electrons. The summed E-state index contributed by atoms with van der Waals surface area (Å²) in [5, 5.41) is 5.38. The Labute approximate surface area is 433 Å². The Morgan fingerprint density at radius 3 is 1.77 bits per heavy atom. The van der Waals surface area contributed by atoms with E-state index in [0.717, 1.165) is 70.0 Å². The third-order valence-corrected chi connectivity index (χ3v) is 11.9. The Bertz CT molecular complexity index is 2890. The van der Waals surface area contributed by atoms with Gasteiger partial charge in [-0.2, -0.15) is 0 Å². The normalized spacial score (nSPS) is 11.6. The molecule has 0 aliphatic heterocycles. The van der Waals surface area contributed by atoms with Gasteiger partial charge < -0.3 is 38.6 Å². The summed E-state index contributed by atoms with van der Waals surface area (Å²) in [4.78, 5) is 55.4. The molecule has 2 amide bonds. The third-order valence-electron chi connectivity index (χ3n) is 10.9. The number of hydrogen-bond donors (Lipinski definition) is 1. The standard InChI is InChI=1S/C28H34BrN3O4.C27H31BrN4O3/c1-5-32(27(34)36-28(2,3)4)18-23(33)15-21-17-31-25-16-22(29)11-12-24(25)26(21)30-13-14-35-19-20-9-7-6-8-10-20;1-5-31(26(33)35-27(2,3)4)17-24-30-23-16-29-22-15-20(28)11-12-21(22)25(23)32(24)13-14-34-18-19-9-7-6-8-10-19/h6-12,16-17H,5,13-15,18-19H2,1-4H3,(H,30,31);6-12,15-16H,5,13-14,17-18H2,1-4H3. The molecule has 16 heteroatoms. The maximum absolute atomic E-state index is 13.0. The van der Waals surface area contributed by atoms with Crippen molar-refractivity contribution in [2.45, 2.75) is 99.3 Å². The number of anilines is 1. The van der Waals surface area contributed by atoms with Crippen LogP contribution in [0, 0.1) is 0 Å². The topological polar surface area (TPSA) is 150 Å². The number of nitrogens with one attached hydrogen (secondary N) is 1. The number of carbonyl (C=O) groups excluding carboxylic acids is 3. The molecule has 71 heavy (non-hydrogen) atoms. The predicted octanol–water partition coefficient (Wildman–Crippen LogP) is 12.3. The number of pyridine rings is 2. The molecule has 1 N–H and O–H groups in total. The van der Waals surface area contributed by atoms with E-state index in [4.69, 9.17) is 23.9 Å². The van der Waals surface area contributed by atoms with Gasteiger partial charge in [-0.3, -0.25) is 14.8 Å². The summed E-state index contributed by atoms with van der Waals surface area (Å²) in [6.07, 6.45) is 2.81.